The van der Waals surface area contributed by atoms with Crippen molar-refractivity contribution in [2.24, 2.45) is 40.4 Å². The second kappa shape index (κ2) is 5.20. The number of carbonyl (C=O) groups is 1. The number of ketones is 1. The highest BCUT2D eigenvalue weighted by molar-refractivity contribution is 5.93. The molecular weight excluding hydrogens is 280 g/mol. The van der Waals surface area contributed by atoms with Crippen LogP contribution in [0.25, 0.3) is 0 Å². The Labute approximate surface area is 142 Å². The molecular formula is C22H34O. The smallest absolute Gasteiger partial charge is 0.158 e. The molecule has 0 spiro atoms. The summed E-state index contributed by atoms with van der Waals surface area (Å²) in [5.74, 6) is 4.31. The highest BCUT2D eigenvalue weighted by Crippen LogP contribution is 2.67. The summed E-state index contributed by atoms with van der Waals surface area (Å²) in [6, 6.07) is 0. The molecule has 1 nitrogen and oxygen atoms in total. The maximum absolute atomic E-state index is 12.2. The van der Waals surface area contributed by atoms with Crippen LogP contribution in [-0.4, -0.2) is 5.78 Å². The molecule has 7 atom stereocenters. The molecule has 0 heterocycles. The van der Waals surface area contributed by atoms with E-state index in [0.717, 1.165) is 30.1 Å². The second-order valence-corrected chi connectivity index (χ2v) is 9.74. The van der Waals surface area contributed by atoms with Gasteiger partial charge in [0.1, 0.15) is 0 Å². The summed E-state index contributed by atoms with van der Waals surface area (Å²) in [4.78, 5) is 12.2. The fraction of sp³-hybridized carbons (Fsp3) is 0.864. The molecule has 4 rings (SSSR count). The van der Waals surface area contributed by atoms with E-state index in [1.54, 1.807) is 0 Å². The van der Waals surface area contributed by atoms with E-state index < -0.39 is 0 Å². The van der Waals surface area contributed by atoms with Crippen LogP contribution in [0.2, 0.25) is 0 Å². The van der Waals surface area contributed by atoms with Crippen LogP contribution in [0, 0.1) is 40.4 Å². The summed E-state index contributed by atoms with van der Waals surface area (Å²) in [5.41, 5.74) is 2.45. The number of rotatable bonds is 1. The minimum Gasteiger partial charge on any atom is -0.295 e. The zero-order valence-corrected chi connectivity index (χ0v) is 15.5. The van der Waals surface area contributed by atoms with E-state index >= 15 is 0 Å². The van der Waals surface area contributed by atoms with Gasteiger partial charge in [-0.1, -0.05) is 39.7 Å². The average molecular weight is 315 g/mol. The predicted octanol–water partition coefficient (Wildman–Crippen LogP) is 5.79. The zero-order chi connectivity index (χ0) is 16.4. The molecule has 4 aliphatic carbocycles. The summed E-state index contributed by atoms with van der Waals surface area (Å²) in [6.07, 6.45) is 12.9. The second-order valence-electron chi connectivity index (χ2n) is 9.74. The van der Waals surface area contributed by atoms with Gasteiger partial charge in [-0.2, -0.15) is 0 Å². The Morgan fingerprint density at radius 3 is 2.65 bits per heavy atom. The Bertz CT molecular complexity index is 546. The minimum atomic E-state index is 0.239. The van der Waals surface area contributed by atoms with Crippen molar-refractivity contribution in [1.29, 1.82) is 0 Å². The first-order valence-corrected chi connectivity index (χ1v) is 10.1. The van der Waals surface area contributed by atoms with Crippen molar-refractivity contribution < 1.29 is 4.79 Å². The lowest BCUT2D eigenvalue weighted by molar-refractivity contribution is -0.121. The molecule has 0 aromatic carbocycles. The molecule has 0 aliphatic heterocycles. The van der Waals surface area contributed by atoms with Crippen molar-refractivity contribution in [2.45, 2.75) is 79.1 Å². The third kappa shape index (κ3) is 2.07. The normalized spacial score (nSPS) is 52.4. The van der Waals surface area contributed by atoms with Gasteiger partial charge in [-0.05, 0) is 85.5 Å². The highest BCUT2D eigenvalue weighted by atomic mass is 16.1. The Morgan fingerprint density at radius 1 is 1.13 bits per heavy atom. The van der Waals surface area contributed by atoms with Crippen molar-refractivity contribution >= 4 is 5.78 Å². The van der Waals surface area contributed by atoms with Crippen LogP contribution in [0.3, 0.4) is 0 Å². The van der Waals surface area contributed by atoms with E-state index in [4.69, 9.17) is 0 Å². The summed E-state index contributed by atoms with van der Waals surface area (Å²) in [6.45, 7) is 9.69. The number of fused-ring (bicyclic) bond motifs is 5. The molecule has 0 N–H and O–H groups in total. The number of carbonyl (C=O) groups excluding carboxylic acids is 1. The van der Waals surface area contributed by atoms with Crippen LogP contribution < -0.4 is 0 Å². The predicted molar refractivity (Wildman–Crippen MR) is 95.0 cm³/mol. The Hall–Kier alpha value is -0.590. The molecule has 0 aromatic heterocycles. The number of hydrogen-bond acceptors (Lipinski definition) is 1. The lowest BCUT2D eigenvalue weighted by Gasteiger charge is -2.58. The highest BCUT2D eigenvalue weighted by Gasteiger charge is 2.58. The van der Waals surface area contributed by atoms with Crippen LogP contribution in [0.4, 0.5) is 0 Å². The van der Waals surface area contributed by atoms with E-state index in [0.29, 0.717) is 16.6 Å². The Kier molecular flexibility index (Phi) is 3.60. The third-order valence-corrected chi connectivity index (χ3v) is 8.96. The first-order chi connectivity index (χ1) is 10.9. The van der Waals surface area contributed by atoms with Gasteiger partial charge in [0.05, 0.1) is 0 Å². The fourth-order valence-corrected chi connectivity index (χ4v) is 7.68. The van der Waals surface area contributed by atoms with Crippen LogP contribution in [0.15, 0.2) is 11.6 Å². The molecule has 128 valence electrons. The first-order valence-electron chi connectivity index (χ1n) is 10.1. The van der Waals surface area contributed by atoms with Crippen LogP contribution in [0.5, 0.6) is 0 Å². The largest absolute Gasteiger partial charge is 0.295 e. The van der Waals surface area contributed by atoms with Gasteiger partial charge in [-0.15, -0.1) is 0 Å². The molecule has 1 heteroatoms. The van der Waals surface area contributed by atoms with Crippen molar-refractivity contribution in [3.05, 3.63) is 11.6 Å². The van der Waals surface area contributed by atoms with E-state index in [-0.39, 0.29) is 5.92 Å². The molecule has 0 amide bonds. The molecule has 4 aliphatic rings. The van der Waals surface area contributed by atoms with E-state index in [1.807, 2.05) is 0 Å². The molecule has 3 fully saturated rings. The summed E-state index contributed by atoms with van der Waals surface area (Å²) >= 11 is 0. The van der Waals surface area contributed by atoms with Gasteiger partial charge in [0.2, 0.25) is 0 Å². The maximum atomic E-state index is 12.2. The summed E-state index contributed by atoms with van der Waals surface area (Å²) in [7, 11) is 0. The van der Waals surface area contributed by atoms with E-state index in [1.165, 1.54) is 50.5 Å². The maximum Gasteiger partial charge on any atom is 0.158 e. The van der Waals surface area contributed by atoms with Gasteiger partial charge in [0.25, 0.3) is 0 Å². The molecule has 0 unspecified atom stereocenters. The SMILES string of the molecule is CC[C@H]1CC[C@H]2[C@@H]3CCC4=CC(=O)[C@H](C)C[C@]4(C)[C@H]3CC[C@]12C. The standard InChI is InChI=1S/C22H34O/c1-5-15-7-9-18-17-8-6-16-12-20(23)14(2)13-22(16,4)19(17)10-11-21(15,18)3/h12,14-15,17-19H,5-11,13H2,1-4H3/t14-,15+,17+,18+,19+,21-,22+/m1/s1. The number of allylic oxidation sites excluding steroid dienone is 1. The zero-order valence-electron chi connectivity index (χ0n) is 15.5. The van der Waals surface area contributed by atoms with Gasteiger partial charge >= 0.3 is 0 Å². The van der Waals surface area contributed by atoms with Crippen molar-refractivity contribution in [3.63, 3.8) is 0 Å². The van der Waals surface area contributed by atoms with Crippen LogP contribution >= 0.6 is 0 Å². The fourth-order valence-electron chi connectivity index (χ4n) is 7.68. The van der Waals surface area contributed by atoms with Crippen molar-refractivity contribution in [1.82, 2.24) is 0 Å². The molecule has 0 aromatic rings. The van der Waals surface area contributed by atoms with Gasteiger partial charge < -0.3 is 0 Å². The average Bonchev–Trinajstić information content (AvgIpc) is 2.85. The van der Waals surface area contributed by atoms with Gasteiger partial charge in [-0.3, -0.25) is 4.79 Å². The molecule has 3 saturated carbocycles. The summed E-state index contributed by atoms with van der Waals surface area (Å²) in [5, 5.41) is 0. The van der Waals surface area contributed by atoms with Crippen LogP contribution in [0.1, 0.15) is 79.1 Å². The Morgan fingerprint density at radius 2 is 1.91 bits per heavy atom. The van der Waals surface area contributed by atoms with Gasteiger partial charge in [0.15, 0.2) is 5.78 Å². The van der Waals surface area contributed by atoms with Gasteiger partial charge in [0, 0.05) is 5.92 Å². The molecule has 0 saturated heterocycles. The first kappa shape index (κ1) is 15.9. The molecule has 23 heavy (non-hydrogen) atoms. The molecule has 0 bridgehead atoms. The van der Waals surface area contributed by atoms with Crippen LogP contribution in [-0.2, 0) is 4.79 Å². The molecule has 0 radical (unpaired) electrons. The minimum absolute atomic E-state index is 0.239. The topological polar surface area (TPSA) is 17.1 Å². The van der Waals surface area contributed by atoms with Crippen molar-refractivity contribution in [2.75, 3.05) is 0 Å². The Balaban J connectivity index is 1.67. The van der Waals surface area contributed by atoms with Gasteiger partial charge in [-0.25, -0.2) is 0 Å². The summed E-state index contributed by atoms with van der Waals surface area (Å²) < 4.78 is 0. The lowest BCUT2D eigenvalue weighted by atomic mass is 9.46. The quantitative estimate of drug-likeness (QED) is 0.598. The van der Waals surface area contributed by atoms with E-state index in [9.17, 15) is 4.79 Å². The monoisotopic (exact) mass is 314 g/mol. The van der Waals surface area contributed by atoms with Crippen molar-refractivity contribution in [3.8, 4) is 0 Å². The lowest BCUT2D eigenvalue weighted by Crippen LogP contribution is -2.51. The van der Waals surface area contributed by atoms with E-state index in [2.05, 4.69) is 33.8 Å². The number of hydrogen-bond donors (Lipinski definition) is 0. The third-order valence-electron chi connectivity index (χ3n) is 8.96.